The number of hydrogen-bond acceptors (Lipinski definition) is 2. The lowest BCUT2D eigenvalue weighted by Crippen LogP contribution is -3.00. The van der Waals surface area contributed by atoms with Gasteiger partial charge in [-0.2, -0.15) is 5.26 Å². The van der Waals surface area contributed by atoms with Crippen LogP contribution in [0, 0.1) is 11.3 Å². The molecule has 102 valence electrons. The molecule has 0 amide bonds. The Morgan fingerprint density at radius 1 is 1.50 bits per heavy atom. The molecule has 0 bridgehead atoms. The Labute approximate surface area is 128 Å². The van der Waals surface area contributed by atoms with Crippen molar-refractivity contribution in [2.45, 2.75) is 45.4 Å². The molecule has 1 atom stereocenters. The zero-order chi connectivity index (χ0) is 13.1. The highest BCUT2D eigenvalue weighted by molar-refractivity contribution is 6.77. The number of imidazole rings is 1. The van der Waals surface area contributed by atoms with E-state index in [1.165, 1.54) is 0 Å². The first-order chi connectivity index (χ1) is 7.84. The van der Waals surface area contributed by atoms with E-state index in [0.717, 1.165) is 5.69 Å². The highest BCUT2D eigenvalue weighted by Gasteiger charge is 2.24. The third kappa shape index (κ3) is 5.08. The Balaban J connectivity index is 0.00000289. The predicted octanol–water partition coefficient (Wildman–Crippen LogP) is -1.38. The molecule has 1 heterocycles. The summed E-state index contributed by atoms with van der Waals surface area (Å²) in [6.45, 7) is 9.61. The number of aromatic nitrogens is 2. The van der Waals surface area contributed by atoms with Gasteiger partial charge in [0.15, 0.2) is 12.4 Å². The second-order valence-electron chi connectivity index (χ2n) is 5.50. The van der Waals surface area contributed by atoms with Crippen molar-refractivity contribution in [3.63, 3.8) is 0 Å². The van der Waals surface area contributed by atoms with Crippen molar-refractivity contribution < 1.29 is 33.3 Å². The third-order valence-corrected chi connectivity index (χ3v) is 5.65. The van der Waals surface area contributed by atoms with Crippen molar-refractivity contribution in [3.05, 3.63) is 18.2 Å². The molecule has 0 saturated heterocycles. The van der Waals surface area contributed by atoms with Gasteiger partial charge in [-0.05, 0) is 6.92 Å². The van der Waals surface area contributed by atoms with E-state index >= 15 is 0 Å². The van der Waals surface area contributed by atoms with Crippen LogP contribution in [0.2, 0.25) is 19.6 Å². The smallest absolute Gasteiger partial charge is 0.245 e. The van der Waals surface area contributed by atoms with Gasteiger partial charge in [0.05, 0.1) is 21.2 Å². The number of rotatable bonds is 5. The molecule has 18 heavy (non-hydrogen) atoms. The first-order valence-electron chi connectivity index (χ1n) is 5.87. The minimum absolute atomic E-state index is 0. The van der Waals surface area contributed by atoms with Crippen LogP contribution < -0.4 is 28.5 Å². The monoisotopic (exact) mass is 379 g/mol. The van der Waals surface area contributed by atoms with Crippen LogP contribution in [-0.2, 0) is 24.9 Å². The molecule has 4 nitrogen and oxygen atoms in total. The Morgan fingerprint density at radius 2 is 2.11 bits per heavy atom. The average molecular weight is 379 g/mol. The zero-order valence-corrected chi connectivity index (χ0v) is 14.9. The molecule has 1 aromatic rings. The van der Waals surface area contributed by atoms with E-state index in [2.05, 4.69) is 32.6 Å². The van der Waals surface area contributed by atoms with Crippen LogP contribution in [-0.4, -0.2) is 18.4 Å². The van der Waals surface area contributed by atoms with Crippen LogP contribution >= 0.6 is 0 Å². The average Bonchev–Trinajstić information content (AvgIpc) is 2.55. The van der Waals surface area contributed by atoms with Gasteiger partial charge in [-0.3, -0.25) is 0 Å². The van der Waals surface area contributed by atoms with Crippen LogP contribution in [0.5, 0.6) is 0 Å². The van der Waals surface area contributed by atoms with Gasteiger partial charge < -0.3 is 28.7 Å². The highest BCUT2D eigenvalue weighted by atomic mass is 127. The third-order valence-electron chi connectivity index (χ3n) is 3.04. The summed E-state index contributed by atoms with van der Waals surface area (Å²) in [6.07, 6.45) is 4.37. The van der Waals surface area contributed by atoms with Crippen molar-refractivity contribution >= 4 is 8.07 Å². The van der Waals surface area contributed by atoms with Gasteiger partial charge in [0.25, 0.3) is 0 Å². The molecule has 0 spiro atoms. The van der Waals surface area contributed by atoms with E-state index in [0.29, 0.717) is 18.9 Å². The summed E-state index contributed by atoms with van der Waals surface area (Å²) in [4.78, 5) is 0. The fraction of sp³-hybridized carbons (Fsp3) is 0.667. The topological polar surface area (TPSA) is 41.8 Å². The van der Waals surface area contributed by atoms with Crippen LogP contribution in [0.1, 0.15) is 12.6 Å². The predicted molar refractivity (Wildman–Crippen MR) is 68.8 cm³/mol. The standard InChI is InChI=1S/C12H22N3OSi.HI/c1-11(17(3,4)5)16-10-15-8-12(6-7-13)14(2)9-15;/h8-9,11H,6,10H2,1-5H3;1H/q+1;/p-1. The van der Waals surface area contributed by atoms with Crippen LogP contribution in [0.25, 0.3) is 0 Å². The van der Waals surface area contributed by atoms with Gasteiger partial charge >= 0.3 is 0 Å². The fourth-order valence-corrected chi connectivity index (χ4v) is 1.96. The zero-order valence-electron chi connectivity index (χ0n) is 11.8. The van der Waals surface area contributed by atoms with Gasteiger partial charge in [-0.15, -0.1) is 0 Å². The molecule has 0 N–H and O–H groups in total. The molecule has 0 aromatic carbocycles. The molecule has 1 aromatic heterocycles. The minimum atomic E-state index is -1.23. The summed E-state index contributed by atoms with van der Waals surface area (Å²) in [5.41, 5.74) is 1.34. The highest BCUT2D eigenvalue weighted by Crippen LogP contribution is 2.10. The molecule has 1 rings (SSSR count). The summed E-state index contributed by atoms with van der Waals surface area (Å²) < 4.78 is 9.82. The number of halogens is 1. The summed E-state index contributed by atoms with van der Waals surface area (Å²) in [6, 6.07) is 2.16. The maximum atomic E-state index is 8.68. The summed E-state index contributed by atoms with van der Waals surface area (Å²) in [7, 11) is 0.718. The number of nitriles is 1. The second-order valence-corrected chi connectivity index (χ2v) is 11.0. The molecular formula is C12H22IN3OSi. The first-order valence-corrected chi connectivity index (χ1v) is 9.45. The summed E-state index contributed by atoms with van der Waals surface area (Å²) in [5, 5.41) is 8.68. The van der Waals surface area contributed by atoms with E-state index in [4.69, 9.17) is 10.00 Å². The lowest BCUT2D eigenvalue weighted by Gasteiger charge is -2.24. The number of ether oxygens (including phenoxy) is 1. The van der Waals surface area contributed by atoms with Crippen molar-refractivity contribution in [1.82, 2.24) is 4.57 Å². The molecule has 0 fully saturated rings. The fourth-order valence-electron chi connectivity index (χ4n) is 1.38. The maximum absolute atomic E-state index is 8.68. The summed E-state index contributed by atoms with van der Waals surface area (Å²) >= 11 is 0. The van der Waals surface area contributed by atoms with Crippen LogP contribution in [0.3, 0.4) is 0 Å². The summed E-state index contributed by atoms with van der Waals surface area (Å²) in [5.74, 6) is 0. The van der Waals surface area contributed by atoms with Gasteiger partial charge in [0.1, 0.15) is 12.6 Å². The lowest BCUT2D eigenvalue weighted by atomic mass is 10.3. The SMILES string of the molecule is CC(OC[n+]1cc(CC#N)n(C)c1)[Si](C)(C)C.[I-]. The second kappa shape index (κ2) is 7.26. The Bertz CT molecular complexity index is 420. The molecular weight excluding hydrogens is 357 g/mol. The van der Waals surface area contributed by atoms with Crippen molar-refractivity contribution in [1.29, 1.82) is 5.26 Å². The number of nitrogens with zero attached hydrogens (tertiary/aromatic N) is 3. The minimum Gasteiger partial charge on any atom is -1.00 e. The van der Waals surface area contributed by atoms with Gasteiger partial charge in [0.2, 0.25) is 6.33 Å². The molecule has 1 unspecified atom stereocenters. The first kappa shape index (κ1) is 17.6. The van der Waals surface area contributed by atoms with E-state index in [1.54, 1.807) is 0 Å². The van der Waals surface area contributed by atoms with E-state index in [1.807, 2.05) is 28.7 Å². The molecule has 0 saturated carbocycles. The Morgan fingerprint density at radius 3 is 2.61 bits per heavy atom. The largest absolute Gasteiger partial charge is 1.00 e. The van der Waals surface area contributed by atoms with Gasteiger partial charge in [0, 0.05) is 5.73 Å². The Hall–Kier alpha value is -0.393. The van der Waals surface area contributed by atoms with Crippen molar-refractivity contribution in [2.75, 3.05) is 0 Å². The Kier molecular flexibility index (Phi) is 7.10. The molecule has 0 aliphatic heterocycles. The van der Waals surface area contributed by atoms with Crippen molar-refractivity contribution in [2.24, 2.45) is 7.05 Å². The van der Waals surface area contributed by atoms with E-state index < -0.39 is 8.07 Å². The number of hydrogen-bond donors (Lipinski definition) is 0. The molecule has 0 radical (unpaired) electrons. The maximum Gasteiger partial charge on any atom is 0.245 e. The number of aryl methyl sites for hydroxylation is 1. The van der Waals surface area contributed by atoms with Crippen molar-refractivity contribution in [3.8, 4) is 6.07 Å². The quantitative estimate of drug-likeness (QED) is 0.360. The molecule has 6 heteroatoms. The van der Waals surface area contributed by atoms with Gasteiger partial charge in [-0.25, -0.2) is 9.13 Å². The van der Waals surface area contributed by atoms with E-state index in [9.17, 15) is 0 Å². The molecule has 0 aliphatic carbocycles. The normalized spacial score (nSPS) is 12.7. The van der Waals surface area contributed by atoms with Gasteiger partial charge in [-0.1, -0.05) is 19.6 Å². The lowest BCUT2D eigenvalue weighted by molar-refractivity contribution is -0.733. The molecule has 0 aliphatic rings. The van der Waals surface area contributed by atoms with Crippen LogP contribution in [0.4, 0.5) is 0 Å². The van der Waals surface area contributed by atoms with Crippen LogP contribution in [0.15, 0.2) is 12.5 Å². The van der Waals surface area contributed by atoms with E-state index in [-0.39, 0.29) is 24.0 Å².